The molecule has 0 unspecified atom stereocenters. The highest BCUT2D eigenvalue weighted by Gasteiger charge is 2.14. The number of hydrogen-bond donors (Lipinski definition) is 0. The Kier molecular flexibility index (Phi) is 2.38. The third kappa shape index (κ3) is 2.33. The van der Waals surface area contributed by atoms with Gasteiger partial charge >= 0.3 is 0 Å². The molecule has 0 amide bonds. The van der Waals surface area contributed by atoms with E-state index in [0.29, 0.717) is 0 Å². The molecule has 11 heavy (non-hydrogen) atoms. The monoisotopic (exact) mass is 211 g/mol. The lowest BCUT2D eigenvalue weighted by molar-refractivity contribution is 0.803. The van der Waals surface area contributed by atoms with Crippen molar-refractivity contribution in [2.75, 3.05) is 0 Å². The van der Waals surface area contributed by atoms with Gasteiger partial charge in [0.25, 0.3) is 0 Å². The summed E-state index contributed by atoms with van der Waals surface area (Å²) in [7, 11) is 0. The molecule has 1 aromatic carbocycles. The van der Waals surface area contributed by atoms with Gasteiger partial charge in [0.15, 0.2) is 0 Å². The highest BCUT2D eigenvalue weighted by atomic mass is 79.9. The first-order valence-electron chi connectivity index (χ1n) is 3.61. The fourth-order valence-electron chi connectivity index (χ4n) is 0.901. The van der Waals surface area contributed by atoms with Gasteiger partial charge in [-0.3, -0.25) is 0 Å². The smallest absolute Gasteiger partial charge is 0.0449 e. The molecular weight excluding hydrogens is 200 g/mol. The number of hydrogen-bond acceptors (Lipinski definition) is 0. The Morgan fingerprint density at radius 3 is 2.00 bits per heavy atom. The van der Waals surface area contributed by atoms with E-state index in [1.807, 2.05) is 12.1 Å². The molecule has 0 aromatic heterocycles. The Bertz CT molecular complexity index is 228. The Hall–Kier alpha value is -0.300. The van der Waals surface area contributed by atoms with E-state index in [4.69, 9.17) is 0 Å². The van der Waals surface area contributed by atoms with E-state index in [1.165, 1.54) is 5.56 Å². The number of benzene rings is 1. The maximum atomic E-state index is 3.83. The molecule has 0 aliphatic rings. The molecule has 0 N–H and O–H groups in total. The molecule has 0 heterocycles. The van der Waals surface area contributed by atoms with Crippen molar-refractivity contribution in [1.29, 1.82) is 0 Å². The van der Waals surface area contributed by atoms with Gasteiger partial charge in [-0.2, -0.15) is 0 Å². The standard InChI is InChI=1S/C10H12Br/c1-8-4-6-9(7-5-8)10(2,3)11/h4-7H,1H2,2-3H3. The zero-order chi connectivity index (χ0) is 8.48. The van der Waals surface area contributed by atoms with Crippen LogP contribution in [-0.2, 0) is 4.32 Å². The highest BCUT2D eigenvalue weighted by molar-refractivity contribution is 9.09. The van der Waals surface area contributed by atoms with E-state index in [0.717, 1.165) is 5.56 Å². The van der Waals surface area contributed by atoms with Crippen LogP contribution >= 0.6 is 15.9 Å². The number of alkyl halides is 1. The van der Waals surface area contributed by atoms with Crippen molar-refractivity contribution < 1.29 is 0 Å². The van der Waals surface area contributed by atoms with Gasteiger partial charge in [-0.05, 0) is 31.9 Å². The molecule has 1 aromatic rings. The third-order valence-corrected chi connectivity index (χ3v) is 2.10. The van der Waals surface area contributed by atoms with Crippen molar-refractivity contribution in [2.45, 2.75) is 18.2 Å². The van der Waals surface area contributed by atoms with Crippen LogP contribution in [0.5, 0.6) is 0 Å². The molecule has 0 nitrogen and oxygen atoms in total. The third-order valence-electron chi connectivity index (χ3n) is 1.64. The maximum absolute atomic E-state index is 3.83. The van der Waals surface area contributed by atoms with Gasteiger partial charge in [0, 0.05) is 4.32 Å². The topological polar surface area (TPSA) is 0 Å². The average molecular weight is 212 g/mol. The molecule has 59 valence electrons. The highest BCUT2D eigenvalue weighted by Crippen LogP contribution is 2.29. The van der Waals surface area contributed by atoms with Crippen molar-refractivity contribution in [3.63, 3.8) is 0 Å². The van der Waals surface area contributed by atoms with Gasteiger partial charge in [0.2, 0.25) is 0 Å². The van der Waals surface area contributed by atoms with Gasteiger partial charge in [-0.15, -0.1) is 0 Å². The second-order valence-electron chi connectivity index (χ2n) is 3.17. The number of rotatable bonds is 1. The molecular formula is C10H12Br. The maximum Gasteiger partial charge on any atom is 0.0449 e. The summed E-state index contributed by atoms with van der Waals surface area (Å²) in [5.74, 6) is 0. The first-order chi connectivity index (χ1) is 5.00. The summed E-state index contributed by atoms with van der Waals surface area (Å²) in [5, 5.41) is 0. The van der Waals surface area contributed by atoms with Crippen LogP contribution < -0.4 is 0 Å². The van der Waals surface area contributed by atoms with E-state index in [9.17, 15) is 0 Å². The predicted molar refractivity (Wildman–Crippen MR) is 52.9 cm³/mol. The lowest BCUT2D eigenvalue weighted by Crippen LogP contribution is -2.05. The van der Waals surface area contributed by atoms with Crippen LogP contribution in [0.2, 0.25) is 0 Å². The summed E-state index contributed by atoms with van der Waals surface area (Å²) in [6.45, 7) is 8.09. The predicted octanol–water partition coefficient (Wildman–Crippen LogP) is 3.50. The zero-order valence-electron chi connectivity index (χ0n) is 6.89. The second kappa shape index (κ2) is 2.98. The molecule has 0 saturated heterocycles. The first kappa shape index (κ1) is 8.79. The molecule has 1 heteroatoms. The van der Waals surface area contributed by atoms with Crippen LogP contribution in [0.15, 0.2) is 24.3 Å². The zero-order valence-corrected chi connectivity index (χ0v) is 8.48. The van der Waals surface area contributed by atoms with Crippen LogP contribution in [-0.4, -0.2) is 0 Å². The average Bonchev–Trinajstić information content (AvgIpc) is 1.86. The van der Waals surface area contributed by atoms with Gasteiger partial charge in [0.05, 0.1) is 0 Å². The minimum absolute atomic E-state index is 0.0701. The summed E-state index contributed by atoms with van der Waals surface area (Å²) in [4.78, 5) is 0. The molecule has 0 fully saturated rings. The van der Waals surface area contributed by atoms with E-state index >= 15 is 0 Å². The van der Waals surface area contributed by atoms with Crippen molar-refractivity contribution in [3.05, 3.63) is 42.3 Å². The van der Waals surface area contributed by atoms with Gasteiger partial charge in [0.1, 0.15) is 0 Å². The fourth-order valence-corrected chi connectivity index (χ4v) is 1.17. The summed E-state index contributed by atoms with van der Waals surface area (Å²) in [5.41, 5.74) is 2.34. The van der Waals surface area contributed by atoms with Crippen molar-refractivity contribution in [3.8, 4) is 0 Å². The van der Waals surface area contributed by atoms with E-state index in [1.54, 1.807) is 0 Å². The minimum atomic E-state index is 0.0701. The molecule has 1 rings (SSSR count). The molecule has 0 aliphatic carbocycles. The minimum Gasteiger partial charge on any atom is -0.0807 e. The SMILES string of the molecule is [CH2]c1ccc(C(C)(C)Br)cc1. The van der Waals surface area contributed by atoms with Gasteiger partial charge < -0.3 is 0 Å². The summed E-state index contributed by atoms with van der Waals surface area (Å²) < 4.78 is 0.0701. The van der Waals surface area contributed by atoms with E-state index in [2.05, 4.69) is 48.8 Å². The Morgan fingerprint density at radius 2 is 1.64 bits per heavy atom. The Morgan fingerprint density at radius 1 is 1.18 bits per heavy atom. The fraction of sp³-hybridized carbons (Fsp3) is 0.300. The van der Waals surface area contributed by atoms with Crippen LogP contribution in [0.3, 0.4) is 0 Å². The molecule has 1 radical (unpaired) electrons. The van der Waals surface area contributed by atoms with Gasteiger partial charge in [-0.25, -0.2) is 0 Å². The molecule has 0 atom stereocenters. The molecule has 0 saturated carbocycles. The quantitative estimate of drug-likeness (QED) is 0.625. The second-order valence-corrected chi connectivity index (χ2v) is 5.15. The van der Waals surface area contributed by atoms with E-state index in [-0.39, 0.29) is 4.32 Å². The molecule has 0 spiro atoms. The van der Waals surface area contributed by atoms with Gasteiger partial charge in [-0.1, -0.05) is 40.2 Å². The summed E-state index contributed by atoms with van der Waals surface area (Å²) in [6.07, 6.45) is 0. The van der Waals surface area contributed by atoms with E-state index < -0.39 is 0 Å². The van der Waals surface area contributed by atoms with Crippen LogP contribution in [0.4, 0.5) is 0 Å². The first-order valence-corrected chi connectivity index (χ1v) is 4.41. The van der Waals surface area contributed by atoms with Crippen molar-refractivity contribution in [1.82, 2.24) is 0 Å². The summed E-state index contributed by atoms with van der Waals surface area (Å²) >= 11 is 3.59. The normalized spacial score (nSPS) is 11.6. The number of halogens is 1. The lowest BCUT2D eigenvalue weighted by Gasteiger charge is -2.16. The largest absolute Gasteiger partial charge is 0.0807 e. The van der Waals surface area contributed by atoms with Crippen molar-refractivity contribution >= 4 is 15.9 Å². The Labute approximate surface area is 76.8 Å². The molecule has 0 bridgehead atoms. The van der Waals surface area contributed by atoms with Crippen LogP contribution in [0.1, 0.15) is 25.0 Å². The lowest BCUT2D eigenvalue weighted by atomic mass is 10.0. The summed E-state index contributed by atoms with van der Waals surface area (Å²) in [6, 6.07) is 8.24. The van der Waals surface area contributed by atoms with Crippen LogP contribution in [0.25, 0.3) is 0 Å². The Balaban J connectivity index is 2.99. The molecule has 0 aliphatic heterocycles. The van der Waals surface area contributed by atoms with Crippen LogP contribution in [0, 0.1) is 6.92 Å². The van der Waals surface area contributed by atoms with Crippen molar-refractivity contribution in [2.24, 2.45) is 0 Å².